The van der Waals surface area contributed by atoms with Gasteiger partial charge in [0.25, 0.3) is 0 Å². The number of aromatic hydroxyl groups is 2. The van der Waals surface area contributed by atoms with E-state index in [0.29, 0.717) is 35.3 Å². The van der Waals surface area contributed by atoms with Crippen molar-refractivity contribution in [1.82, 2.24) is 0 Å². The molecule has 2 N–H and O–H groups in total. The molecular weight excluding hydrogens is 1570 g/mol. The first kappa shape index (κ1) is 122. The van der Waals surface area contributed by atoms with Crippen LogP contribution >= 0.6 is 0 Å². The van der Waals surface area contributed by atoms with Gasteiger partial charge in [0.1, 0.15) is 35.2 Å². The van der Waals surface area contributed by atoms with Crippen LogP contribution in [0.25, 0.3) is 11.1 Å². The first-order valence-corrected chi connectivity index (χ1v) is 39.5. The molecule has 0 spiro atoms. The fraction of sp³-hybridized carbons (Fsp3) is 0.417. The molecule has 0 radical (unpaired) electrons. The molecule has 9 rings (SSSR count). The second kappa shape index (κ2) is 56.4. The second-order valence-corrected chi connectivity index (χ2v) is 31.9. The topological polar surface area (TPSA) is 203 Å². The third-order valence-corrected chi connectivity index (χ3v) is 22.6. The summed E-state index contributed by atoms with van der Waals surface area (Å²) < 4.78 is 153. The van der Waals surface area contributed by atoms with Gasteiger partial charge in [-0.05, 0) is 215 Å². The number of halogens is 6. The van der Waals surface area contributed by atoms with Gasteiger partial charge >= 0.3 is 38.5 Å². The lowest BCUT2D eigenvalue weighted by Gasteiger charge is -2.32. The number of ether oxygens (including phenoxy) is 3. The predicted octanol–water partition coefficient (Wildman–Crippen LogP) is 29.4. The Balaban J connectivity index is -0.000000252. The Kier molecular flexibility index (Phi) is 58.3. The van der Waals surface area contributed by atoms with Crippen LogP contribution in [0.1, 0.15) is 261 Å². The van der Waals surface area contributed by atoms with E-state index in [0.717, 1.165) is 60.3 Å². The molecule has 118 heavy (non-hydrogen) atoms. The number of hydrogen-bond donors (Lipinski definition) is 2. The average molecular weight is 1710 g/mol. The molecule has 0 bridgehead atoms. The van der Waals surface area contributed by atoms with E-state index < -0.39 is 53.2 Å². The van der Waals surface area contributed by atoms with Gasteiger partial charge in [-0.25, -0.2) is 8.42 Å². The molecule has 0 heterocycles. The van der Waals surface area contributed by atoms with Crippen molar-refractivity contribution in [3.8, 4) is 34.1 Å². The Morgan fingerprint density at radius 1 is 0.381 bits per heavy atom. The van der Waals surface area contributed by atoms with Gasteiger partial charge < -0.3 is 33.2 Å². The van der Waals surface area contributed by atoms with E-state index in [1.165, 1.54) is 43.5 Å². The van der Waals surface area contributed by atoms with Crippen LogP contribution in [0.4, 0.5) is 26.3 Å². The van der Waals surface area contributed by atoms with Crippen molar-refractivity contribution in [2.45, 2.75) is 264 Å². The largest absolute Gasteiger partial charge is 0.743 e. The maximum Gasteiger partial charge on any atom is 0.450 e. The van der Waals surface area contributed by atoms with Crippen LogP contribution < -0.4 is 8.92 Å². The highest BCUT2D eigenvalue weighted by molar-refractivity contribution is 7.97. The highest BCUT2D eigenvalue weighted by Gasteiger charge is 2.81. The normalized spacial score (nSPS) is 12.0. The zero-order valence-corrected chi connectivity index (χ0v) is 66.3. The zero-order valence-electron chi connectivity index (χ0n) is 63.9. The lowest BCUT2D eigenvalue weighted by atomic mass is 9.90. The molecule has 0 aliphatic rings. The molecular formula is C96H142F6O13S3. The summed E-state index contributed by atoms with van der Waals surface area (Å²) in [7, 11) is -12.5. The monoisotopic (exact) mass is 1710 g/mol. The molecule has 0 saturated heterocycles. The number of esters is 2. The van der Waals surface area contributed by atoms with E-state index in [9.17, 15) is 57.3 Å². The molecule has 13 nitrogen and oxygen atoms in total. The van der Waals surface area contributed by atoms with Gasteiger partial charge in [0, 0.05) is 0 Å². The van der Waals surface area contributed by atoms with Gasteiger partial charge in [-0.1, -0.05) is 287 Å². The van der Waals surface area contributed by atoms with Crippen molar-refractivity contribution in [2.75, 3.05) is 7.11 Å². The summed E-state index contributed by atoms with van der Waals surface area (Å²) in [6, 6.07) is 77.1. The fourth-order valence-corrected chi connectivity index (χ4v) is 12.9. The van der Waals surface area contributed by atoms with Crippen molar-refractivity contribution >= 4 is 43.1 Å². The van der Waals surface area contributed by atoms with Crippen molar-refractivity contribution in [1.29, 1.82) is 0 Å². The van der Waals surface area contributed by atoms with Crippen molar-refractivity contribution in [3.63, 3.8) is 0 Å². The summed E-state index contributed by atoms with van der Waals surface area (Å²) in [5.41, 5.74) is 6.68. The van der Waals surface area contributed by atoms with E-state index in [-0.39, 0.29) is 115 Å². The molecule has 5 atom stereocenters. The van der Waals surface area contributed by atoms with Gasteiger partial charge in [-0.2, -0.15) is 34.8 Å². The summed E-state index contributed by atoms with van der Waals surface area (Å²) in [5.74, 6) is -5.67. The van der Waals surface area contributed by atoms with E-state index in [1.807, 2.05) is 141 Å². The number of methoxy groups -OCH3 is 1. The molecule has 0 saturated carbocycles. The van der Waals surface area contributed by atoms with Gasteiger partial charge in [-0.3, -0.25) is 9.59 Å². The molecule has 0 aliphatic heterocycles. The third kappa shape index (κ3) is 35.5. The van der Waals surface area contributed by atoms with Crippen LogP contribution in [0.3, 0.4) is 0 Å². The predicted molar refractivity (Wildman–Crippen MR) is 484 cm³/mol. The molecule has 22 heteroatoms. The number of carbonyl (C=O) groups is 2. The fourth-order valence-electron chi connectivity index (χ4n) is 9.42. The lowest BCUT2D eigenvalue weighted by Crippen LogP contribution is -2.61. The van der Waals surface area contributed by atoms with Crippen LogP contribution in [-0.2, 0) is 50.2 Å². The summed E-state index contributed by atoms with van der Waals surface area (Å²) in [5, 5.41) is 4.37. The van der Waals surface area contributed by atoms with Crippen molar-refractivity contribution in [2.24, 2.45) is 10.8 Å². The van der Waals surface area contributed by atoms with Crippen molar-refractivity contribution < 1.29 is 85.9 Å². The molecule has 0 aliphatic carbocycles. The first-order chi connectivity index (χ1) is 50.7. The third-order valence-electron chi connectivity index (χ3n) is 18.2. The maximum absolute atomic E-state index is 13.6. The minimum absolute atomic E-state index is 0. The van der Waals surface area contributed by atoms with Crippen molar-refractivity contribution in [3.05, 3.63) is 270 Å². The van der Waals surface area contributed by atoms with Gasteiger partial charge in [0.15, 0.2) is 24.8 Å². The molecule has 9 aromatic rings. The number of hydrogen-bond acceptors (Lipinski definition) is 13. The van der Waals surface area contributed by atoms with E-state index in [4.69, 9.17) is 24.4 Å². The molecule has 0 aromatic heterocycles. The summed E-state index contributed by atoms with van der Waals surface area (Å²) in [4.78, 5) is 28.2. The second-order valence-electron chi connectivity index (χ2n) is 26.9. The average Bonchev–Trinajstić information content (AvgIpc) is 0.722. The Bertz CT molecular complexity index is 4210. The molecule has 0 amide bonds. The minimum Gasteiger partial charge on any atom is -0.743 e. The smallest absolute Gasteiger partial charge is 0.450 e. The number of rotatable bonds is 25. The highest BCUT2D eigenvalue weighted by atomic mass is 32.2. The Morgan fingerprint density at radius 3 is 0.907 bits per heavy atom. The molecule has 9 aromatic carbocycles. The van der Waals surface area contributed by atoms with Gasteiger partial charge in [-0.15, -0.1) is 0 Å². The summed E-state index contributed by atoms with van der Waals surface area (Å²) >= 11 is 0. The Morgan fingerprint density at radius 2 is 0.636 bits per heavy atom. The molecule has 5 unspecified atom stereocenters. The Hall–Kier alpha value is -9.09. The maximum atomic E-state index is 13.6. The minimum atomic E-state index is -7.33. The lowest BCUT2D eigenvalue weighted by molar-refractivity contribution is -0.247. The Labute approximate surface area is 711 Å². The van der Waals surface area contributed by atoms with Crippen LogP contribution in [0.2, 0.25) is 0 Å². The number of alkyl halides is 6. The van der Waals surface area contributed by atoms with E-state index in [2.05, 4.69) is 147 Å². The quantitative estimate of drug-likeness (QED) is 0.0180. The van der Waals surface area contributed by atoms with Crippen LogP contribution in [0.5, 0.6) is 23.0 Å². The highest BCUT2D eigenvalue weighted by Crippen LogP contribution is 2.51. The van der Waals surface area contributed by atoms with E-state index in [1.54, 1.807) is 38.3 Å². The zero-order chi connectivity index (χ0) is 80.8. The molecule has 0 fully saturated rings. The summed E-state index contributed by atoms with van der Waals surface area (Å²) in [6.07, 6.45) is 4.00. The first-order valence-electron chi connectivity index (χ1n) is 35.5. The summed E-state index contributed by atoms with van der Waals surface area (Å²) in [6.45, 7) is 27.7. The van der Waals surface area contributed by atoms with Crippen LogP contribution in [0.15, 0.2) is 257 Å². The van der Waals surface area contributed by atoms with Gasteiger partial charge in [0.05, 0.1) is 28.8 Å². The van der Waals surface area contributed by atoms with Gasteiger partial charge in [0.2, 0.25) is 0 Å². The SMILES string of the molecule is C.C.C.C.C.C.C.C.C.C.CCC(C)(C)C(=O)OC(C)c1ccc(-c2ccccc2)cc1.CCC(C)(C)C(=O)OC(C)c1ccc(OC)cc1.CCC(C)c1ccc(O)cc1.CCC(C)c1ccc(O)cc1.CCC(C)c1ccc(OS(=O)(=O)C(F)(F)C(F)(F)C(F)(F)S(=O)(=O)[O-])cc1.c1ccc([S+](c2ccccc2)c2ccccc2)cc1. The number of benzene rings is 9. The van der Waals surface area contributed by atoms with E-state index >= 15 is 0 Å². The number of phenols is 2. The molecule has 664 valence electrons. The standard InChI is InChI=1S/C20H24O2.C18H15S.C15H22O3.C13H14F6O6S2.2C10H14O.10CH4/c1-5-20(3,4)19(21)22-15(2)16-11-13-18(14-12-16)17-9-7-6-8-10-17;1-4-10-16(11-5-1)19(17-12-6-2-7-13-17)18-14-8-3-9-15-18;1-6-15(3,4)14(16)18-11(2)12-7-9-13(17-5)10-8-12;1-3-8(2)9-4-6-10(7-5-9)25-27(23,24)13(18,19)11(14,15)12(16,17)26(20,21)22;2*1-3-8(2)9-4-6-10(11)7-5-9;;;;;;;;;;/h6-15H,5H2,1-4H3;1-15H;7-11H,6H2,1-5H3;4-8H,3H2,1-2H3,(H,20,21,22);2*4-8,11H,3H2,1-2H3;10*1H4/q;+1;;;;;;;;;;;;;;/p-1. The van der Waals surface area contributed by atoms with Crippen LogP contribution in [-0.4, -0.2) is 67.1 Å². The van der Waals surface area contributed by atoms with Crippen LogP contribution in [0, 0.1) is 10.8 Å². The number of carbonyl (C=O) groups excluding carboxylic acids is 2. The number of phenolic OH excluding ortho intramolecular Hbond substituents is 2.